The van der Waals surface area contributed by atoms with Crippen molar-refractivity contribution in [2.24, 2.45) is 0 Å². The quantitative estimate of drug-likeness (QED) is 0.829. The van der Waals surface area contributed by atoms with Crippen LogP contribution in [0.3, 0.4) is 0 Å². The van der Waals surface area contributed by atoms with Crippen molar-refractivity contribution in [1.29, 1.82) is 5.26 Å². The predicted octanol–water partition coefficient (Wildman–Crippen LogP) is 2.26. The number of halogens is 1. The molecule has 7 heteroatoms. The van der Waals surface area contributed by atoms with Gasteiger partial charge in [-0.15, -0.1) is 0 Å². The van der Waals surface area contributed by atoms with Gasteiger partial charge in [0.2, 0.25) is 10.0 Å². The molecule has 0 saturated heterocycles. The van der Waals surface area contributed by atoms with E-state index in [9.17, 15) is 8.42 Å². The Kier molecular flexibility index (Phi) is 5.35. The normalized spacial score (nSPS) is 11.5. The van der Waals surface area contributed by atoms with Crippen molar-refractivity contribution < 1.29 is 8.42 Å². The van der Waals surface area contributed by atoms with E-state index in [2.05, 4.69) is 15.9 Å². The Morgan fingerprint density at radius 3 is 2.63 bits per heavy atom. The lowest BCUT2D eigenvalue weighted by Crippen LogP contribution is -2.32. The fourth-order valence-corrected chi connectivity index (χ4v) is 3.86. The summed E-state index contributed by atoms with van der Waals surface area (Å²) >= 11 is 3.27. The molecule has 1 rings (SSSR count). The molecule has 1 aromatic rings. The van der Waals surface area contributed by atoms with E-state index in [0.717, 1.165) is 0 Å². The largest absolute Gasteiger partial charge is 0.398 e. The Bertz CT molecular complexity index is 608. The number of anilines is 1. The van der Waals surface area contributed by atoms with Crippen LogP contribution in [-0.4, -0.2) is 25.8 Å². The van der Waals surface area contributed by atoms with Crippen LogP contribution in [0.25, 0.3) is 0 Å². The lowest BCUT2D eigenvalue weighted by atomic mass is 10.2. The van der Waals surface area contributed by atoms with Gasteiger partial charge in [0.25, 0.3) is 0 Å². The van der Waals surface area contributed by atoms with Crippen LogP contribution >= 0.6 is 15.9 Å². The molecular weight excluding hydrogens is 330 g/mol. The average molecular weight is 346 g/mol. The molecule has 0 amide bonds. The van der Waals surface area contributed by atoms with Crippen LogP contribution in [0.15, 0.2) is 21.5 Å². The second kappa shape index (κ2) is 6.37. The van der Waals surface area contributed by atoms with E-state index >= 15 is 0 Å². The Morgan fingerprint density at radius 2 is 2.11 bits per heavy atom. The van der Waals surface area contributed by atoms with Crippen LogP contribution in [0.5, 0.6) is 0 Å². The maximum atomic E-state index is 12.5. The first kappa shape index (κ1) is 16.0. The molecule has 0 spiro atoms. The zero-order chi connectivity index (χ0) is 14.6. The van der Waals surface area contributed by atoms with E-state index < -0.39 is 10.0 Å². The number of nitriles is 1. The van der Waals surface area contributed by atoms with E-state index in [-0.39, 0.29) is 17.9 Å². The minimum absolute atomic E-state index is 0.165. The molecule has 0 saturated carbocycles. The van der Waals surface area contributed by atoms with Gasteiger partial charge in [0.05, 0.1) is 11.0 Å². The number of hydrogen-bond donors (Lipinski definition) is 1. The molecule has 104 valence electrons. The van der Waals surface area contributed by atoms with Gasteiger partial charge < -0.3 is 5.73 Å². The molecule has 0 bridgehead atoms. The van der Waals surface area contributed by atoms with Crippen LogP contribution in [0.4, 0.5) is 5.69 Å². The molecule has 2 N–H and O–H groups in total. The molecule has 0 atom stereocenters. The highest BCUT2D eigenvalue weighted by Gasteiger charge is 2.25. The molecule has 0 aliphatic carbocycles. The predicted molar refractivity (Wildman–Crippen MR) is 78.0 cm³/mol. The summed E-state index contributed by atoms with van der Waals surface area (Å²) in [6.45, 7) is 3.96. The first-order valence-corrected chi connectivity index (χ1v) is 8.00. The number of sulfonamides is 1. The maximum absolute atomic E-state index is 12.5. The van der Waals surface area contributed by atoms with E-state index in [4.69, 9.17) is 11.0 Å². The van der Waals surface area contributed by atoms with Gasteiger partial charge in [-0.1, -0.05) is 6.92 Å². The third-order valence-corrected chi connectivity index (χ3v) is 5.54. The van der Waals surface area contributed by atoms with E-state index in [1.54, 1.807) is 19.9 Å². The minimum atomic E-state index is -3.61. The second-order valence-corrected chi connectivity index (χ2v) is 6.80. The molecule has 0 unspecified atom stereocenters. The first-order valence-electron chi connectivity index (χ1n) is 5.77. The summed E-state index contributed by atoms with van der Waals surface area (Å²) in [5, 5.41) is 8.58. The third kappa shape index (κ3) is 3.47. The van der Waals surface area contributed by atoms with Gasteiger partial charge in [0, 0.05) is 29.7 Å². The molecule has 0 heterocycles. The molecule has 0 fully saturated rings. The summed E-state index contributed by atoms with van der Waals surface area (Å²) in [5.41, 5.74) is 6.74. The summed E-state index contributed by atoms with van der Waals surface area (Å²) < 4.78 is 27.0. The molecule has 0 aliphatic rings. The summed E-state index contributed by atoms with van der Waals surface area (Å²) in [7, 11) is -3.61. The standard InChI is InChI=1S/C12H16BrN3O2S/c1-3-16(6-4-5-14)19(17,18)12-8-11(15)10(13)7-9(12)2/h7-8H,3-4,6,15H2,1-2H3. The van der Waals surface area contributed by atoms with Gasteiger partial charge in [-0.3, -0.25) is 0 Å². The highest BCUT2D eigenvalue weighted by Crippen LogP contribution is 2.28. The van der Waals surface area contributed by atoms with Crippen molar-refractivity contribution in [2.45, 2.75) is 25.2 Å². The fourth-order valence-electron chi connectivity index (χ4n) is 1.71. The highest BCUT2D eigenvalue weighted by atomic mass is 79.9. The molecule has 0 radical (unpaired) electrons. The van der Waals surface area contributed by atoms with E-state index in [1.807, 2.05) is 6.07 Å². The lowest BCUT2D eigenvalue weighted by molar-refractivity contribution is 0.434. The fraction of sp³-hybridized carbons (Fsp3) is 0.417. The Hall–Kier alpha value is -1.10. The highest BCUT2D eigenvalue weighted by molar-refractivity contribution is 9.10. The maximum Gasteiger partial charge on any atom is 0.243 e. The Balaban J connectivity index is 3.26. The average Bonchev–Trinajstić information content (AvgIpc) is 2.34. The summed E-state index contributed by atoms with van der Waals surface area (Å²) in [6, 6.07) is 5.08. The van der Waals surface area contributed by atoms with Crippen LogP contribution in [-0.2, 0) is 10.0 Å². The number of benzene rings is 1. The monoisotopic (exact) mass is 345 g/mol. The van der Waals surface area contributed by atoms with Gasteiger partial charge >= 0.3 is 0 Å². The van der Waals surface area contributed by atoms with Crippen LogP contribution in [0.1, 0.15) is 18.9 Å². The minimum Gasteiger partial charge on any atom is -0.398 e. The zero-order valence-corrected chi connectivity index (χ0v) is 13.3. The molecule has 1 aromatic carbocycles. The molecular formula is C12H16BrN3O2S. The van der Waals surface area contributed by atoms with Gasteiger partial charge in [-0.2, -0.15) is 9.57 Å². The lowest BCUT2D eigenvalue weighted by Gasteiger charge is -2.21. The van der Waals surface area contributed by atoms with Crippen LogP contribution in [0.2, 0.25) is 0 Å². The smallest absolute Gasteiger partial charge is 0.243 e. The SMILES string of the molecule is CCN(CCC#N)S(=O)(=O)c1cc(N)c(Br)cc1C. The molecule has 0 aromatic heterocycles. The number of hydrogen-bond acceptors (Lipinski definition) is 4. The first-order chi connectivity index (χ1) is 8.84. The van der Waals surface area contributed by atoms with Gasteiger partial charge in [0.15, 0.2) is 0 Å². The summed E-state index contributed by atoms with van der Waals surface area (Å²) in [5.74, 6) is 0. The van der Waals surface area contributed by atoms with Crippen molar-refractivity contribution >= 4 is 31.6 Å². The summed E-state index contributed by atoms with van der Waals surface area (Å²) in [4.78, 5) is 0.188. The van der Waals surface area contributed by atoms with Crippen molar-refractivity contribution in [1.82, 2.24) is 4.31 Å². The number of nitrogens with two attached hydrogens (primary N) is 1. The van der Waals surface area contributed by atoms with E-state index in [1.165, 1.54) is 10.4 Å². The van der Waals surface area contributed by atoms with Crippen molar-refractivity contribution in [3.8, 4) is 6.07 Å². The number of aryl methyl sites for hydroxylation is 1. The number of rotatable bonds is 5. The van der Waals surface area contributed by atoms with Crippen molar-refractivity contribution in [3.63, 3.8) is 0 Å². The number of nitrogens with zero attached hydrogens (tertiary/aromatic N) is 2. The van der Waals surface area contributed by atoms with Crippen LogP contribution < -0.4 is 5.73 Å². The molecule has 19 heavy (non-hydrogen) atoms. The second-order valence-electron chi connectivity index (χ2n) is 4.04. The number of nitrogen functional groups attached to an aromatic ring is 1. The molecule has 5 nitrogen and oxygen atoms in total. The Morgan fingerprint density at radius 1 is 1.47 bits per heavy atom. The van der Waals surface area contributed by atoms with Gasteiger partial charge in [-0.05, 0) is 40.5 Å². The van der Waals surface area contributed by atoms with E-state index in [0.29, 0.717) is 22.3 Å². The molecule has 0 aliphatic heterocycles. The van der Waals surface area contributed by atoms with Crippen molar-refractivity contribution in [2.75, 3.05) is 18.8 Å². The Labute approximate surface area is 122 Å². The summed E-state index contributed by atoms with van der Waals surface area (Å²) in [6.07, 6.45) is 0.165. The van der Waals surface area contributed by atoms with Gasteiger partial charge in [-0.25, -0.2) is 8.42 Å². The van der Waals surface area contributed by atoms with Gasteiger partial charge in [0.1, 0.15) is 0 Å². The van der Waals surface area contributed by atoms with Crippen molar-refractivity contribution in [3.05, 3.63) is 22.2 Å². The third-order valence-electron chi connectivity index (χ3n) is 2.74. The topological polar surface area (TPSA) is 87.2 Å². The van der Waals surface area contributed by atoms with Crippen LogP contribution in [0, 0.1) is 18.3 Å². The zero-order valence-electron chi connectivity index (χ0n) is 10.9.